The van der Waals surface area contributed by atoms with E-state index in [0.29, 0.717) is 5.69 Å². The van der Waals surface area contributed by atoms with E-state index in [9.17, 15) is 0 Å². The molecule has 0 aliphatic carbocycles. The fraction of sp³-hybridized carbons (Fsp3) is 0.286. The van der Waals surface area contributed by atoms with Crippen molar-refractivity contribution in [3.63, 3.8) is 0 Å². The van der Waals surface area contributed by atoms with Gasteiger partial charge in [0.2, 0.25) is 5.28 Å². The highest BCUT2D eigenvalue weighted by Gasteiger charge is 2.07. The molecule has 0 aliphatic heterocycles. The number of halogens is 1. The van der Waals surface area contributed by atoms with Gasteiger partial charge in [0.1, 0.15) is 0 Å². The first-order valence-corrected chi connectivity index (χ1v) is 3.65. The minimum atomic E-state index is -0.379. The zero-order valence-corrected chi connectivity index (χ0v) is 7.12. The largest absolute Gasteiger partial charge is 0.418 e. The molecule has 0 aromatic carbocycles. The summed E-state index contributed by atoms with van der Waals surface area (Å²) in [6.07, 6.45) is 2.72. The number of aromatic nitrogens is 2. The Kier molecular flexibility index (Phi) is 2.83. The number of rotatable bonds is 2. The standard InChI is InChI=1S/C7H6ClN3O/c1-5(12-4-9)6-2-3-10-7(8)11-6/h2-3,5H,1H3. The molecule has 12 heavy (non-hydrogen) atoms. The molecule has 0 fully saturated rings. The minimum Gasteiger partial charge on any atom is -0.418 e. The Hall–Kier alpha value is -1.34. The molecule has 1 aromatic rings. The first-order chi connectivity index (χ1) is 5.74. The maximum atomic E-state index is 8.22. The average molecular weight is 184 g/mol. The van der Waals surface area contributed by atoms with Crippen LogP contribution in [0.2, 0.25) is 5.28 Å². The number of nitriles is 1. The van der Waals surface area contributed by atoms with Gasteiger partial charge in [-0.1, -0.05) is 0 Å². The second-order valence-corrected chi connectivity index (χ2v) is 2.44. The molecule has 0 spiro atoms. The lowest BCUT2D eigenvalue weighted by Crippen LogP contribution is -1.99. The predicted octanol–water partition coefficient (Wildman–Crippen LogP) is 1.69. The number of nitrogens with zero attached hydrogens (tertiary/aromatic N) is 3. The predicted molar refractivity (Wildman–Crippen MR) is 42.2 cm³/mol. The highest BCUT2D eigenvalue weighted by Crippen LogP contribution is 2.13. The molecule has 1 heterocycles. The molecule has 1 aromatic heterocycles. The molecule has 0 radical (unpaired) electrons. The molecule has 0 bridgehead atoms. The van der Waals surface area contributed by atoms with E-state index in [1.54, 1.807) is 19.2 Å². The van der Waals surface area contributed by atoms with Crippen molar-refractivity contribution in [3.05, 3.63) is 23.2 Å². The summed E-state index contributed by atoms with van der Waals surface area (Å²) >= 11 is 5.53. The van der Waals surface area contributed by atoms with Gasteiger partial charge in [0, 0.05) is 6.20 Å². The molecule has 5 heteroatoms. The summed E-state index contributed by atoms with van der Waals surface area (Å²) in [4.78, 5) is 7.57. The van der Waals surface area contributed by atoms with Crippen LogP contribution in [-0.2, 0) is 4.74 Å². The van der Waals surface area contributed by atoms with Crippen molar-refractivity contribution in [3.8, 4) is 6.26 Å². The zero-order valence-electron chi connectivity index (χ0n) is 6.36. The van der Waals surface area contributed by atoms with Crippen molar-refractivity contribution >= 4 is 11.6 Å². The summed E-state index contributed by atoms with van der Waals surface area (Å²) in [5, 5.41) is 8.37. The van der Waals surface area contributed by atoms with Crippen LogP contribution >= 0.6 is 11.6 Å². The first kappa shape index (κ1) is 8.75. The van der Waals surface area contributed by atoms with Crippen LogP contribution in [0.1, 0.15) is 18.7 Å². The molecule has 0 saturated carbocycles. The Morgan fingerprint density at radius 3 is 3.08 bits per heavy atom. The van der Waals surface area contributed by atoms with E-state index < -0.39 is 0 Å². The lowest BCUT2D eigenvalue weighted by atomic mass is 10.3. The fourth-order valence-corrected chi connectivity index (χ4v) is 0.868. The Morgan fingerprint density at radius 1 is 1.75 bits per heavy atom. The molecule has 1 unspecified atom stereocenters. The maximum absolute atomic E-state index is 8.22. The van der Waals surface area contributed by atoms with E-state index >= 15 is 0 Å². The summed E-state index contributed by atoms with van der Waals surface area (Å²) in [7, 11) is 0. The van der Waals surface area contributed by atoms with Crippen LogP contribution in [0.25, 0.3) is 0 Å². The van der Waals surface area contributed by atoms with E-state index in [1.165, 1.54) is 6.20 Å². The summed E-state index contributed by atoms with van der Waals surface area (Å²) in [5.41, 5.74) is 0.594. The van der Waals surface area contributed by atoms with Gasteiger partial charge in [-0.25, -0.2) is 9.97 Å². The Balaban J connectivity index is 2.82. The van der Waals surface area contributed by atoms with E-state index in [2.05, 4.69) is 14.7 Å². The van der Waals surface area contributed by atoms with E-state index in [-0.39, 0.29) is 11.4 Å². The molecule has 0 amide bonds. The van der Waals surface area contributed by atoms with Gasteiger partial charge in [-0.15, -0.1) is 0 Å². The third kappa shape index (κ3) is 2.07. The topological polar surface area (TPSA) is 58.8 Å². The van der Waals surface area contributed by atoms with E-state index in [4.69, 9.17) is 16.9 Å². The van der Waals surface area contributed by atoms with E-state index in [1.807, 2.05) is 0 Å². The molecular formula is C7H6ClN3O. The summed E-state index contributed by atoms with van der Waals surface area (Å²) in [6, 6.07) is 1.65. The van der Waals surface area contributed by atoms with Crippen LogP contribution < -0.4 is 0 Å². The zero-order chi connectivity index (χ0) is 8.97. The van der Waals surface area contributed by atoms with Crippen molar-refractivity contribution in [2.45, 2.75) is 13.0 Å². The highest BCUT2D eigenvalue weighted by atomic mass is 35.5. The highest BCUT2D eigenvalue weighted by molar-refractivity contribution is 6.28. The number of ether oxygens (including phenoxy) is 1. The number of hydrogen-bond acceptors (Lipinski definition) is 4. The van der Waals surface area contributed by atoms with Crippen LogP contribution in [0, 0.1) is 11.5 Å². The normalized spacial score (nSPS) is 11.8. The molecule has 0 aliphatic rings. The van der Waals surface area contributed by atoms with Crippen LogP contribution in [0.5, 0.6) is 0 Å². The molecule has 4 nitrogen and oxygen atoms in total. The van der Waals surface area contributed by atoms with E-state index in [0.717, 1.165) is 0 Å². The summed E-state index contributed by atoms with van der Waals surface area (Å²) in [5.74, 6) is 0. The van der Waals surface area contributed by atoms with Crippen LogP contribution in [-0.4, -0.2) is 9.97 Å². The van der Waals surface area contributed by atoms with Gasteiger partial charge < -0.3 is 4.74 Å². The smallest absolute Gasteiger partial charge is 0.286 e. The van der Waals surface area contributed by atoms with Crippen molar-refractivity contribution in [1.29, 1.82) is 5.26 Å². The van der Waals surface area contributed by atoms with Gasteiger partial charge in [0.25, 0.3) is 6.26 Å². The molecule has 0 N–H and O–H groups in total. The molecular weight excluding hydrogens is 178 g/mol. The Bertz CT molecular complexity index is 310. The van der Waals surface area contributed by atoms with Crippen LogP contribution in [0.3, 0.4) is 0 Å². The minimum absolute atomic E-state index is 0.154. The molecule has 62 valence electrons. The van der Waals surface area contributed by atoms with Gasteiger partial charge >= 0.3 is 0 Å². The summed E-state index contributed by atoms with van der Waals surface area (Å²) in [6.45, 7) is 1.71. The van der Waals surface area contributed by atoms with Gasteiger partial charge in [-0.2, -0.15) is 5.26 Å². The average Bonchev–Trinajstić information content (AvgIpc) is 2.05. The van der Waals surface area contributed by atoms with Crippen molar-refractivity contribution in [2.24, 2.45) is 0 Å². The van der Waals surface area contributed by atoms with Gasteiger partial charge in [0.15, 0.2) is 6.10 Å². The summed E-state index contributed by atoms with van der Waals surface area (Å²) < 4.78 is 4.64. The lowest BCUT2D eigenvalue weighted by molar-refractivity contribution is 0.178. The van der Waals surface area contributed by atoms with Crippen molar-refractivity contribution in [1.82, 2.24) is 9.97 Å². The third-order valence-corrected chi connectivity index (χ3v) is 1.48. The Labute approximate surface area is 74.8 Å². The monoisotopic (exact) mass is 183 g/mol. The van der Waals surface area contributed by atoms with Gasteiger partial charge in [-0.05, 0) is 24.6 Å². The lowest BCUT2D eigenvalue weighted by Gasteiger charge is -2.05. The van der Waals surface area contributed by atoms with Crippen LogP contribution in [0.15, 0.2) is 12.3 Å². The first-order valence-electron chi connectivity index (χ1n) is 3.27. The fourth-order valence-electron chi connectivity index (χ4n) is 0.714. The third-order valence-electron chi connectivity index (χ3n) is 1.29. The van der Waals surface area contributed by atoms with Gasteiger partial charge in [0.05, 0.1) is 5.69 Å². The van der Waals surface area contributed by atoms with Crippen molar-refractivity contribution < 1.29 is 4.74 Å². The molecule has 1 atom stereocenters. The van der Waals surface area contributed by atoms with Crippen molar-refractivity contribution in [2.75, 3.05) is 0 Å². The second-order valence-electron chi connectivity index (χ2n) is 2.10. The van der Waals surface area contributed by atoms with Crippen LogP contribution in [0.4, 0.5) is 0 Å². The molecule has 1 rings (SSSR count). The second kappa shape index (κ2) is 3.88. The number of hydrogen-bond donors (Lipinski definition) is 0. The Morgan fingerprint density at radius 2 is 2.50 bits per heavy atom. The quantitative estimate of drug-likeness (QED) is 0.517. The molecule has 0 saturated heterocycles. The SMILES string of the molecule is CC(OC#N)c1ccnc(Cl)n1. The van der Waals surface area contributed by atoms with Gasteiger partial charge in [-0.3, -0.25) is 0 Å². The maximum Gasteiger partial charge on any atom is 0.286 e.